The molecule has 0 aromatic heterocycles. The molecule has 4 aliphatic rings. The highest BCUT2D eigenvalue weighted by Crippen LogP contribution is 2.31. The van der Waals surface area contributed by atoms with Crippen molar-refractivity contribution in [2.75, 3.05) is 65.6 Å². The second-order valence-electron chi connectivity index (χ2n) is 9.09. The maximum Gasteiger partial charge on any atom is 0.0936 e. The number of aliphatic hydroxyl groups is 1. The van der Waals surface area contributed by atoms with Crippen molar-refractivity contribution in [1.82, 2.24) is 9.80 Å². The summed E-state index contributed by atoms with van der Waals surface area (Å²) in [5.74, 6) is 1.48. The Labute approximate surface area is 163 Å². The van der Waals surface area contributed by atoms with E-state index in [1.165, 1.54) is 32.2 Å². The first-order chi connectivity index (χ1) is 13.2. The number of hydrogen-bond donors (Lipinski definition) is 2. The first kappa shape index (κ1) is 20.0. The van der Waals surface area contributed by atoms with Gasteiger partial charge in [0.2, 0.25) is 0 Å². The molecule has 3 aliphatic heterocycles. The summed E-state index contributed by atoms with van der Waals surface area (Å²) in [6.07, 6.45) is 6.07. The summed E-state index contributed by atoms with van der Waals surface area (Å²) >= 11 is 0. The molecule has 3 N–H and O–H groups in total. The van der Waals surface area contributed by atoms with Crippen LogP contribution >= 0.6 is 0 Å². The quantitative estimate of drug-likeness (QED) is 0.430. The monoisotopic (exact) mass is 383 g/mol. The second-order valence-corrected chi connectivity index (χ2v) is 9.09. The van der Waals surface area contributed by atoms with Gasteiger partial charge in [-0.3, -0.25) is 9.80 Å². The van der Waals surface area contributed by atoms with Crippen LogP contribution in [-0.2, 0) is 14.2 Å². The van der Waals surface area contributed by atoms with Gasteiger partial charge >= 0.3 is 0 Å². The van der Waals surface area contributed by atoms with Crippen molar-refractivity contribution in [3.05, 3.63) is 0 Å². The zero-order chi connectivity index (χ0) is 18.6. The number of epoxide rings is 3. The predicted molar refractivity (Wildman–Crippen MR) is 103 cm³/mol. The standard InChI is InChI=1S/C20H37N3O4/c21-5-17(24)8-22(9-18-12-25-18)6-15-2-1-3-16(4-15)7-23(10-19-13-26-19)11-20-14-27-20/h15-20,24H,1-14,21H2. The van der Waals surface area contributed by atoms with Gasteiger partial charge in [-0.05, 0) is 31.1 Å². The third-order valence-electron chi connectivity index (χ3n) is 6.26. The smallest absolute Gasteiger partial charge is 0.0936 e. The number of ether oxygens (including phenoxy) is 3. The van der Waals surface area contributed by atoms with Gasteiger partial charge in [-0.1, -0.05) is 6.42 Å². The number of nitrogens with zero attached hydrogens (tertiary/aromatic N) is 2. The van der Waals surface area contributed by atoms with Crippen LogP contribution in [-0.4, -0.2) is 105 Å². The summed E-state index contributed by atoms with van der Waals surface area (Å²) < 4.78 is 16.3. The Morgan fingerprint density at radius 3 is 1.78 bits per heavy atom. The van der Waals surface area contributed by atoms with E-state index in [9.17, 15) is 5.11 Å². The van der Waals surface area contributed by atoms with Crippen molar-refractivity contribution in [2.24, 2.45) is 17.6 Å². The van der Waals surface area contributed by atoms with Crippen LogP contribution in [0, 0.1) is 11.8 Å². The maximum absolute atomic E-state index is 10.0. The van der Waals surface area contributed by atoms with Crippen LogP contribution < -0.4 is 5.73 Å². The fraction of sp³-hybridized carbons (Fsp3) is 1.00. The van der Waals surface area contributed by atoms with Crippen LogP contribution in [0.3, 0.4) is 0 Å². The Morgan fingerprint density at radius 1 is 0.815 bits per heavy atom. The first-order valence-corrected chi connectivity index (χ1v) is 10.9. The molecule has 1 saturated carbocycles. The van der Waals surface area contributed by atoms with Crippen molar-refractivity contribution < 1.29 is 19.3 Å². The van der Waals surface area contributed by atoms with Crippen molar-refractivity contribution in [3.63, 3.8) is 0 Å². The molecular formula is C20H37N3O4. The molecule has 4 rings (SSSR count). The van der Waals surface area contributed by atoms with Crippen molar-refractivity contribution in [1.29, 1.82) is 0 Å². The average molecular weight is 384 g/mol. The minimum absolute atomic E-state index is 0.330. The van der Waals surface area contributed by atoms with E-state index in [0.29, 0.717) is 37.3 Å². The SMILES string of the molecule is NCC(O)CN(CC1CCCC(CN(CC2CO2)CC2CO2)C1)CC1CO1. The molecule has 4 fully saturated rings. The van der Waals surface area contributed by atoms with Crippen LogP contribution in [0.1, 0.15) is 25.7 Å². The van der Waals surface area contributed by atoms with E-state index >= 15 is 0 Å². The van der Waals surface area contributed by atoms with Crippen molar-refractivity contribution in [2.45, 2.75) is 50.1 Å². The molecule has 27 heavy (non-hydrogen) atoms. The summed E-state index contributed by atoms with van der Waals surface area (Å²) in [6.45, 7) is 9.01. The fourth-order valence-corrected chi connectivity index (χ4v) is 4.67. The fourth-order valence-electron chi connectivity index (χ4n) is 4.67. The van der Waals surface area contributed by atoms with E-state index in [4.69, 9.17) is 19.9 Å². The normalized spacial score (nSPS) is 36.2. The largest absolute Gasteiger partial charge is 0.390 e. The summed E-state index contributed by atoms with van der Waals surface area (Å²) in [7, 11) is 0. The minimum atomic E-state index is -0.435. The Hall–Kier alpha value is -0.280. The van der Waals surface area contributed by atoms with Crippen LogP contribution in [0.15, 0.2) is 0 Å². The molecule has 1 aliphatic carbocycles. The van der Waals surface area contributed by atoms with E-state index in [1.54, 1.807) is 0 Å². The Morgan fingerprint density at radius 2 is 1.30 bits per heavy atom. The lowest BCUT2D eigenvalue weighted by molar-refractivity contribution is 0.0863. The van der Waals surface area contributed by atoms with Gasteiger partial charge in [0, 0.05) is 45.8 Å². The van der Waals surface area contributed by atoms with Crippen LogP contribution in [0.4, 0.5) is 0 Å². The lowest BCUT2D eigenvalue weighted by Crippen LogP contribution is -2.43. The molecule has 6 atom stereocenters. The molecule has 3 saturated heterocycles. The molecule has 0 radical (unpaired) electrons. The van der Waals surface area contributed by atoms with Crippen LogP contribution in [0.2, 0.25) is 0 Å². The van der Waals surface area contributed by atoms with Crippen LogP contribution in [0.5, 0.6) is 0 Å². The van der Waals surface area contributed by atoms with Gasteiger partial charge in [0.15, 0.2) is 0 Å². The van der Waals surface area contributed by atoms with Gasteiger partial charge in [-0.25, -0.2) is 0 Å². The number of aliphatic hydroxyl groups excluding tert-OH is 1. The third kappa shape index (κ3) is 7.24. The van der Waals surface area contributed by atoms with Gasteiger partial charge in [0.1, 0.15) is 0 Å². The second kappa shape index (κ2) is 9.48. The summed E-state index contributed by atoms with van der Waals surface area (Å²) in [6, 6.07) is 0. The van der Waals surface area contributed by atoms with Gasteiger partial charge in [-0.2, -0.15) is 0 Å². The average Bonchev–Trinajstić information content (AvgIpc) is 3.48. The summed E-state index contributed by atoms with van der Waals surface area (Å²) in [4.78, 5) is 4.96. The van der Waals surface area contributed by atoms with E-state index in [1.807, 2.05) is 0 Å². The molecule has 7 heteroatoms. The molecule has 7 nitrogen and oxygen atoms in total. The Bertz CT molecular complexity index is 443. The van der Waals surface area contributed by atoms with E-state index in [0.717, 1.165) is 51.9 Å². The molecule has 0 aromatic carbocycles. The van der Waals surface area contributed by atoms with Gasteiger partial charge in [-0.15, -0.1) is 0 Å². The molecule has 0 spiro atoms. The van der Waals surface area contributed by atoms with E-state index in [-0.39, 0.29) is 0 Å². The van der Waals surface area contributed by atoms with E-state index in [2.05, 4.69) is 9.80 Å². The zero-order valence-electron chi connectivity index (χ0n) is 16.5. The first-order valence-electron chi connectivity index (χ1n) is 10.9. The van der Waals surface area contributed by atoms with Crippen molar-refractivity contribution >= 4 is 0 Å². The molecule has 0 amide bonds. The van der Waals surface area contributed by atoms with Gasteiger partial charge in [0.05, 0.1) is 44.2 Å². The Kier molecular flexibility index (Phi) is 7.03. The molecule has 3 heterocycles. The van der Waals surface area contributed by atoms with E-state index < -0.39 is 6.10 Å². The molecule has 156 valence electrons. The highest BCUT2D eigenvalue weighted by molar-refractivity contribution is 4.85. The zero-order valence-corrected chi connectivity index (χ0v) is 16.5. The molecule has 0 bridgehead atoms. The van der Waals surface area contributed by atoms with Crippen molar-refractivity contribution in [3.8, 4) is 0 Å². The summed E-state index contributed by atoms with van der Waals surface area (Å²) in [5, 5.41) is 10.0. The Balaban J connectivity index is 1.25. The molecular weight excluding hydrogens is 346 g/mol. The maximum atomic E-state index is 10.0. The molecule has 6 unspecified atom stereocenters. The van der Waals surface area contributed by atoms with Gasteiger partial charge in [0.25, 0.3) is 0 Å². The highest BCUT2D eigenvalue weighted by atomic mass is 16.6. The minimum Gasteiger partial charge on any atom is -0.390 e. The lowest BCUT2D eigenvalue weighted by Gasteiger charge is -2.36. The number of nitrogens with two attached hydrogens (primary N) is 1. The number of hydrogen-bond acceptors (Lipinski definition) is 7. The summed E-state index contributed by atoms with van der Waals surface area (Å²) in [5.41, 5.74) is 5.63. The van der Waals surface area contributed by atoms with Gasteiger partial charge < -0.3 is 25.1 Å². The third-order valence-corrected chi connectivity index (χ3v) is 6.26. The highest BCUT2D eigenvalue weighted by Gasteiger charge is 2.34. The number of rotatable bonds is 13. The van der Waals surface area contributed by atoms with Crippen LogP contribution in [0.25, 0.3) is 0 Å². The predicted octanol–water partition coefficient (Wildman–Crippen LogP) is -0.0872. The molecule has 0 aromatic rings. The lowest BCUT2D eigenvalue weighted by atomic mass is 9.80. The topological polar surface area (TPSA) is 90.3 Å².